The summed E-state index contributed by atoms with van der Waals surface area (Å²) >= 11 is 6.31. The zero-order valence-electron chi connectivity index (χ0n) is 19.3. The molecule has 34 heavy (non-hydrogen) atoms. The third kappa shape index (κ3) is 4.10. The molecule has 7 nitrogen and oxygen atoms in total. The summed E-state index contributed by atoms with van der Waals surface area (Å²) in [7, 11) is 0. The maximum absolute atomic E-state index is 9.61. The van der Waals surface area contributed by atoms with Crippen molar-refractivity contribution in [2.75, 3.05) is 0 Å². The van der Waals surface area contributed by atoms with Gasteiger partial charge in [-0.3, -0.25) is 0 Å². The normalized spacial score (nSPS) is 18.2. The molecule has 1 aliphatic carbocycles. The molecule has 1 aromatic carbocycles. The molecule has 0 radical (unpaired) electrons. The van der Waals surface area contributed by atoms with Crippen LogP contribution < -0.4 is 0 Å². The fraction of sp³-hybridized carbons (Fsp3) is 0.346. The molecule has 0 amide bonds. The molecule has 1 saturated carbocycles. The van der Waals surface area contributed by atoms with Gasteiger partial charge in [0.15, 0.2) is 12.0 Å². The second-order valence-electron chi connectivity index (χ2n) is 9.10. The van der Waals surface area contributed by atoms with Crippen molar-refractivity contribution in [1.82, 2.24) is 24.5 Å². The molecule has 3 aromatic heterocycles. The predicted octanol–water partition coefficient (Wildman–Crippen LogP) is 6.20. The van der Waals surface area contributed by atoms with Crippen LogP contribution in [0.3, 0.4) is 0 Å². The molecule has 0 aliphatic heterocycles. The van der Waals surface area contributed by atoms with Gasteiger partial charge < -0.3 is 8.98 Å². The van der Waals surface area contributed by atoms with Crippen LogP contribution >= 0.6 is 11.6 Å². The van der Waals surface area contributed by atoms with Crippen LogP contribution in [0.25, 0.3) is 28.0 Å². The van der Waals surface area contributed by atoms with Crippen LogP contribution in [-0.2, 0) is 6.54 Å². The topological polar surface area (TPSA) is 93.4 Å². The number of nitriles is 1. The molecule has 172 valence electrons. The Morgan fingerprint density at radius 2 is 2.03 bits per heavy atom. The number of imidazole rings is 1. The summed E-state index contributed by atoms with van der Waals surface area (Å²) in [5.74, 6) is 2.66. The van der Waals surface area contributed by atoms with Gasteiger partial charge in [-0.25, -0.2) is 15.0 Å². The van der Waals surface area contributed by atoms with Gasteiger partial charge in [-0.1, -0.05) is 50.1 Å². The number of benzene rings is 1. The zero-order valence-corrected chi connectivity index (χ0v) is 20.0. The molecule has 8 heteroatoms. The average molecular weight is 473 g/mol. The Morgan fingerprint density at radius 3 is 2.71 bits per heavy atom. The van der Waals surface area contributed by atoms with Crippen molar-refractivity contribution in [1.29, 1.82) is 5.26 Å². The summed E-state index contributed by atoms with van der Waals surface area (Å²) < 4.78 is 7.59. The van der Waals surface area contributed by atoms with Gasteiger partial charge in [-0.2, -0.15) is 10.2 Å². The van der Waals surface area contributed by atoms with Crippen LogP contribution in [-0.4, -0.2) is 24.5 Å². The van der Waals surface area contributed by atoms with E-state index in [1.54, 1.807) is 0 Å². The Balaban J connectivity index is 1.74. The first-order valence-electron chi connectivity index (χ1n) is 11.5. The number of fused-ring (bicyclic) bond motifs is 1. The number of oxazole rings is 1. The first kappa shape index (κ1) is 22.3. The van der Waals surface area contributed by atoms with Gasteiger partial charge in [0, 0.05) is 22.7 Å². The third-order valence-corrected chi connectivity index (χ3v) is 6.91. The van der Waals surface area contributed by atoms with E-state index in [1.807, 2.05) is 31.2 Å². The number of aromatic nitrogens is 5. The summed E-state index contributed by atoms with van der Waals surface area (Å²) in [6.07, 6.45) is 6.15. The molecule has 0 saturated heterocycles. The Labute approximate surface area is 203 Å². The van der Waals surface area contributed by atoms with Crippen LogP contribution in [0.2, 0.25) is 5.02 Å². The summed E-state index contributed by atoms with van der Waals surface area (Å²) in [6.45, 7) is 9.24. The zero-order chi connectivity index (χ0) is 23.8. The lowest BCUT2D eigenvalue weighted by atomic mass is 9.83. The molecular weight excluding hydrogens is 448 g/mol. The number of hydrogen-bond acceptors (Lipinski definition) is 6. The second-order valence-corrected chi connectivity index (χ2v) is 9.53. The lowest BCUT2D eigenvalue weighted by molar-refractivity contribution is 0.266. The van der Waals surface area contributed by atoms with Crippen LogP contribution in [0.4, 0.5) is 0 Å². The minimum absolute atomic E-state index is 0.0633. The van der Waals surface area contributed by atoms with Gasteiger partial charge in [0.25, 0.3) is 0 Å². The smallest absolute Gasteiger partial charge is 0.234 e. The summed E-state index contributed by atoms with van der Waals surface area (Å²) in [5.41, 5.74) is 4.00. The second kappa shape index (κ2) is 9.03. The third-order valence-electron chi connectivity index (χ3n) is 6.68. The van der Waals surface area contributed by atoms with Crippen molar-refractivity contribution in [3.05, 3.63) is 65.4 Å². The maximum Gasteiger partial charge on any atom is 0.234 e. The first-order chi connectivity index (χ1) is 16.4. The van der Waals surface area contributed by atoms with E-state index in [0.717, 1.165) is 36.4 Å². The maximum atomic E-state index is 9.61. The molecule has 0 atom stereocenters. The van der Waals surface area contributed by atoms with Crippen LogP contribution in [0.5, 0.6) is 0 Å². The molecule has 1 aliphatic rings. The minimum atomic E-state index is 0.0633. The lowest BCUT2D eigenvalue weighted by Gasteiger charge is -2.27. The van der Waals surface area contributed by atoms with Crippen molar-refractivity contribution < 1.29 is 4.42 Å². The summed E-state index contributed by atoms with van der Waals surface area (Å²) in [6, 6.07) is 9.54. The van der Waals surface area contributed by atoms with Crippen LogP contribution in [0.1, 0.15) is 55.7 Å². The lowest BCUT2D eigenvalue weighted by Crippen LogP contribution is -2.19. The Kier molecular flexibility index (Phi) is 5.93. The molecule has 3 heterocycles. The predicted molar refractivity (Wildman–Crippen MR) is 131 cm³/mol. The van der Waals surface area contributed by atoms with E-state index in [0.29, 0.717) is 45.1 Å². The van der Waals surface area contributed by atoms with Crippen molar-refractivity contribution in [2.45, 2.75) is 46.1 Å². The fourth-order valence-corrected chi connectivity index (χ4v) is 4.99. The highest BCUT2D eigenvalue weighted by atomic mass is 35.5. The SMILES string of the molecule is C=C(c1ncoc1C)c1nc2nc(C#N)nc(-c3cccc(Cl)c3)c2n1C[C@H]1CC[C@H](C)CC1. The average Bonchev–Trinajstić information content (AvgIpc) is 3.43. The number of nitrogens with zero attached hydrogens (tertiary/aromatic N) is 6. The molecule has 5 rings (SSSR count). The molecule has 4 aromatic rings. The molecule has 0 bridgehead atoms. The van der Waals surface area contributed by atoms with E-state index >= 15 is 0 Å². The first-order valence-corrected chi connectivity index (χ1v) is 11.9. The fourth-order valence-electron chi connectivity index (χ4n) is 4.80. The van der Waals surface area contributed by atoms with Gasteiger partial charge in [-0.15, -0.1) is 0 Å². The largest absolute Gasteiger partial charge is 0.448 e. The van der Waals surface area contributed by atoms with Gasteiger partial charge in [0.05, 0.1) is 0 Å². The monoisotopic (exact) mass is 472 g/mol. The van der Waals surface area contributed by atoms with E-state index in [4.69, 9.17) is 21.0 Å². The highest BCUT2D eigenvalue weighted by Crippen LogP contribution is 2.35. The Hall–Kier alpha value is -3.50. The van der Waals surface area contributed by atoms with Crippen molar-refractivity contribution in [3.8, 4) is 17.3 Å². The van der Waals surface area contributed by atoms with Gasteiger partial charge in [0.1, 0.15) is 34.6 Å². The van der Waals surface area contributed by atoms with E-state index in [2.05, 4.69) is 39.1 Å². The van der Waals surface area contributed by atoms with Crippen molar-refractivity contribution in [2.24, 2.45) is 11.8 Å². The number of hydrogen-bond donors (Lipinski definition) is 0. The molecule has 0 spiro atoms. The number of rotatable bonds is 5. The summed E-state index contributed by atoms with van der Waals surface area (Å²) in [5, 5.41) is 10.2. The standard InChI is InChI=1S/C26H25ClN6O/c1-15-7-9-18(10-8-15)13-33-24-23(19-5-4-6-20(27)11-19)30-21(12-28)31-25(24)32-26(33)16(2)22-17(3)34-14-29-22/h4-6,11,14-15,18H,2,7-10,13H2,1,3H3/t15-,18-. The highest BCUT2D eigenvalue weighted by molar-refractivity contribution is 6.30. The number of halogens is 1. The summed E-state index contributed by atoms with van der Waals surface area (Å²) in [4.78, 5) is 18.3. The minimum Gasteiger partial charge on any atom is -0.448 e. The Bertz CT molecular complexity index is 1420. The van der Waals surface area contributed by atoms with Gasteiger partial charge in [-0.05, 0) is 43.7 Å². The molecular formula is C26H25ClN6O. The Morgan fingerprint density at radius 1 is 1.24 bits per heavy atom. The van der Waals surface area contributed by atoms with Crippen LogP contribution in [0.15, 0.2) is 41.7 Å². The molecule has 0 unspecified atom stereocenters. The van der Waals surface area contributed by atoms with Crippen LogP contribution in [0, 0.1) is 30.1 Å². The molecule has 1 fully saturated rings. The van der Waals surface area contributed by atoms with E-state index in [9.17, 15) is 5.26 Å². The molecule has 0 N–H and O–H groups in total. The van der Waals surface area contributed by atoms with E-state index < -0.39 is 0 Å². The van der Waals surface area contributed by atoms with E-state index in [-0.39, 0.29) is 5.82 Å². The quantitative estimate of drug-likeness (QED) is 0.343. The van der Waals surface area contributed by atoms with Crippen molar-refractivity contribution in [3.63, 3.8) is 0 Å². The number of aryl methyl sites for hydroxylation is 1. The van der Waals surface area contributed by atoms with Gasteiger partial charge >= 0.3 is 0 Å². The highest BCUT2D eigenvalue weighted by Gasteiger charge is 2.26. The van der Waals surface area contributed by atoms with E-state index in [1.165, 1.54) is 19.2 Å². The van der Waals surface area contributed by atoms with Gasteiger partial charge in [0.2, 0.25) is 5.82 Å². The van der Waals surface area contributed by atoms with Crippen molar-refractivity contribution >= 4 is 28.3 Å².